The van der Waals surface area contributed by atoms with Gasteiger partial charge in [0.2, 0.25) is 0 Å². The normalized spacial score (nSPS) is 12.5. The lowest BCUT2D eigenvalue weighted by atomic mass is 10.0. The molecule has 0 bridgehead atoms. The predicted molar refractivity (Wildman–Crippen MR) is 61.0 cm³/mol. The molecule has 84 valence electrons. The third-order valence-corrected chi connectivity index (χ3v) is 2.37. The zero-order chi connectivity index (χ0) is 11.3. The zero-order valence-electron chi connectivity index (χ0n) is 9.36. The molecule has 0 saturated carbocycles. The number of rotatable bonds is 5. The van der Waals surface area contributed by atoms with Gasteiger partial charge >= 0.3 is 0 Å². The summed E-state index contributed by atoms with van der Waals surface area (Å²) >= 11 is 0. The van der Waals surface area contributed by atoms with Gasteiger partial charge in [-0.2, -0.15) is 0 Å². The van der Waals surface area contributed by atoms with Crippen molar-refractivity contribution in [3.63, 3.8) is 0 Å². The lowest BCUT2D eigenvalue weighted by molar-refractivity contribution is 0.180. The molecular weight excluding hydrogens is 190 g/mol. The van der Waals surface area contributed by atoms with Gasteiger partial charge < -0.3 is 15.6 Å². The van der Waals surface area contributed by atoms with Crippen LogP contribution in [0.5, 0.6) is 5.75 Å². The van der Waals surface area contributed by atoms with E-state index < -0.39 is 6.10 Å². The Kier molecular flexibility index (Phi) is 4.59. The van der Waals surface area contributed by atoms with E-state index in [1.807, 2.05) is 25.1 Å². The molecule has 1 rings (SSSR count). The van der Waals surface area contributed by atoms with Crippen LogP contribution in [0.3, 0.4) is 0 Å². The number of benzene rings is 1. The number of ether oxygens (including phenoxy) is 1. The van der Waals surface area contributed by atoms with Gasteiger partial charge in [-0.25, -0.2) is 0 Å². The van der Waals surface area contributed by atoms with Gasteiger partial charge in [0, 0.05) is 12.1 Å². The summed E-state index contributed by atoms with van der Waals surface area (Å²) in [5.74, 6) is 0.745. The Morgan fingerprint density at radius 2 is 2.13 bits per heavy atom. The van der Waals surface area contributed by atoms with Crippen molar-refractivity contribution >= 4 is 0 Å². The van der Waals surface area contributed by atoms with E-state index in [0.717, 1.165) is 17.7 Å². The Morgan fingerprint density at radius 3 is 2.67 bits per heavy atom. The minimum Gasteiger partial charge on any atom is -0.493 e. The van der Waals surface area contributed by atoms with Crippen molar-refractivity contribution < 1.29 is 9.84 Å². The van der Waals surface area contributed by atoms with E-state index in [2.05, 4.69) is 6.92 Å². The molecule has 0 spiro atoms. The first-order valence-corrected chi connectivity index (χ1v) is 5.36. The number of aliphatic hydroxyl groups excluding tert-OH is 1. The van der Waals surface area contributed by atoms with E-state index in [0.29, 0.717) is 6.61 Å². The maximum absolute atomic E-state index is 9.70. The van der Waals surface area contributed by atoms with E-state index in [1.54, 1.807) is 0 Å². The van der Waals surface area contributed by atoms with Crippen LogP contribution in [-0.2, 0) is 6.42 Å². The molecule has 1 atom stereocenters. The summed E-state index contributed by atoms with van der Waals surface area (Å²) in [4.78, 5) is 0. The summed E-state index contributed by atoms with van der Waals surface area (Å²) in [7, 11) is 0. The highest BCUT2D eigenvalue weighted by atomic mass is 16.5. The molecule has 1 aromatic carbocycles. The third kappa shape index (κ3) is 2.94. The lowest BCUT2D eigenvalue weighted by Gasteiger charge is -2.15. The maximum Gasteiger partial charge on any atom is 0.125 e. The SMILES string of the molecule is CCOc1cc(CC)ccc1C(O)CN. The number of hydrogen-bond acceptors (Lipinski definition) is 3. The molecule has 3 N–H and O–H groups in total. The largest absolute Gasteiger partial charge is 0.493 e. The summed E-state index contributed by atoms with van der Waals surface area (Å²) in [6, 6.07) is 5.86. The van der Waals surface area contributed by atoms with Gasteiger partial charge in [0.1, 0.15) is 5.75 Å². The molecule has 0 heterocycles. The first-order valence-electron chi connectivity index (χ1n) is 5.36. The molecule has 3 nitrogen and oxygen atoms in total. The van der Waals surface area contributed by atoms with Gasteiger partial charge in [0.15, 0.2) is 0 Å². The molecule has 1 unspecified atom stereocenters. The second-order valence-electron chi connectivity index (χ2n) is 3.41. The molecule has 0 aromatic heterocycles. The minimum atomic E-state index is -0.641. The highest BCUT2D eigenvalue weighted by molar-refractivity contribution is 5.39. The van der Waals surface area contributed by atoms with Crippen LogP contribution in [0.15, 0.2) is 18.2 Å². The Hall–Kier alpha value is -1.06. The van der Waals surface area contributed by atoms with Gasteiger partial charge in [-0.15, -0.1) is 0 Å². The summed E-state index contributed by atoms with van der Waals surface area (Å²) in [5.41, 5.74) is 7.41. The van der Waals surface area contributed by atoms with Gasteiger partial charge in [-0.3, -0.25) is 0 Å². The zero-order valence-corrected chi connectivity index (χ0v) is 9.36. The highest BCUT2D eigenvalue weighted by Crippen LogP contribution is 2.26. The van der Waals surface area contributed by atoms with Crippen molar-refractivity contribution in [1.82, 2.24) is 0 Å². The van der Waals surface area contributed by atoms with Crippen molar-refractivity contribution in [2.24, 2.45) is 5.73 Å². The monoisotopic (exact) mass is 209 g/mol. The molecule has 0 saturated heterocycles. The second-order valence-corrected chi connectivity index (χ2v) is 3.41. The molecule has 1 aromatic rings. The van der Waals surface area contributed by atoms with Crippen LogP contribution < -0.4 is 10.5 Å². The molecule has 3 heteroatoms. The average Bonchev–Trinajstić information content (AvgIpc) is 2.28. The second kappa shape index (κ2) is 5.73. The maximum atomic E-state index is 9.70. The van der Waals surface area contributed by atoms with Crippen molar-refractivity contribution in [1.29, 1.82) is 0 Å². The summed E-state index contributed by atoms with van der Waals surface area (Å²) < 4.78 is 5.49. The first kappa shape index (κ1) is 12.0. The molecule has 0 amide bonds. The third-order valence-electron chi connectivity index (χ3n) is 2.37. The lowest BCUT2D eigenvalue weighted by Crippen LogP contribution is -2.13. The van der Waals surface area contributed by atoms with Crippen LogP contribution in [0.2, 0.25) is 0 Å². The molecule has 0 aliphatic carbocycles. The molecule has 0 radical (unpaired) electrons. The Labute approximate surface area is 90.9 Å². The number of nitrogens with two attached hydrogens (primary N) is 1. The fourth-order valence-corrected chi connectivity index (χ4v) is 1.48. The van der Waals surface area contributed by atoms with Crippen LogP contribution in [0.4, 0.5) is 0 Å². The van der Waals surface area contributed by atoms with Crippen molar-refractivity contribution in [2.45, 2.75) is 26.4 Å². The number of aliphatic hydroxyl groups is 1. The Morgan fingerprint density at radius 1 is 1.40 bits per heavy atom. The topological polar surface area (TPSA) is 55.5 Å². The number of hydrogen-bond donors (Lipinski definition) is 2. The Balaban J connectivity index is 3.03. The van der Waals surface area contributed by atoms with Crippen LogP contribution in [0.25, 0.3) is 0 Å². The standard InChI is InChI=1S/C12H19NO2/c1-3-9-5-6-10(11(14)8-13)12(7-9)15-4-2/h5-7,11,14H,3-4,8,13H2,1-2H3. The van der Waals surface area contributed by atoms with E-state index >= 15 is 0 Å². The van der Waals surface area contributed by atoms with E-state index in [9.17, 15) is 5.11 Å². The first-order chi connectivity index (χ1) is 7.22. The molecule has 0 aliphatic heterocycles. The highest BCUT2D eigenvalue weighted by Gasteiger charge is 2.12. The Bertz CT molecular complexity index is 312. The van der Waals surface area contributed by atoms with E-state index in [4.69, 9.17) is 10.5 Å². The molecule has 0 aliphatic rings. The van der Waals surface area contributed by atoms with Crippen LogP contribution >= 0.6 is 0 Å². The average molecular weight is 209 g/mol. The quantitative estimate of drug-likeness (QED) is 0.775. The van der Waals surface area contributed by atoms with E-state index in [-0.39, 0.29) is 6.54 Å². The van der Waals surface area contributed by atoms with Crippen LogP contribution in [0, 0.1) is 0 Å². The van der Waals surface area contributed by atoms with Crippen molar-refractivity contribution in [3.8, 4) is 5.75 Å². The van der Waals surface area contributed by atoms with Crippen LogP contribution in [-0.4, -0.2) is 18.3 Å². The van der Waals surface area contributed by atoms with E-state index in [1.165, 1.54) is 5.56 Å². The van der Waals surface area contributed by atoms with Gasteiger partial charge in [0.05, 0.1) is 12.7 Å². The van der Waals surface area contributed by atoms with Gasteiger partial charge in [-0.1, -0.05) is 19.1 Å². The van der Waals surface area contributed by atoms with Gasteiger partial charge in [0.25, 0.3) is 0 Å². The van der Waals surface area contributed by atoms with Crippen molar-refractivity contribution in [2.75, 3.05) is 13.2 Å². The van der Waals surface area contributed by atoms with Crippen molar-refractivity contribution in [3.05, 3.63) is 29.3 Å². The number of aryl methyl sites for hydroxylation is 1. The molecule has 15 heavy (non-hydrogen) atoms. The fraction of sp³-hybridized carbons (Fsp3) is 0.500. The smallest absolute Gasteiger partial charge is 0.125 e. The summed E-state index contributed by atoms with van der Waals surface area (Å²) in [6.07, 6.45) is 0.316. The molecular formula is C12H19NO2. The fourth-order valence-electron chi connectivity index (χ4n) is 1.48. The molecule has 0 fully saturated rings. The summed E-state index contributed by atoms with van der Waals surface area (Å²) in [5, 5.41) is 9.70. The summed E-state index contributed by atoms with van der Waals surface area (Å²) in [6.45, 7) is 4.82. The predicted octanol–water partition coefficient (Wildman–Crippen LogP) is 1.64. The minimum absolute atomic E-state index is 0.214. The van der Waals surface area contributed by atoms with Gasteiger partial charge in [-0.05, 0) is 25.0 Å². The van der Waals surface area contributed by atoms with Crippen LogP contribution in [0.1, 0.15) is 31.1 Å².